The monoisotopic (exact) mass is 254 g/mol. The maximum Gasteiger partial charge on any atom is 0.217 e. The van der Waals surface area contributed by atoms with Crippen LogP contribution in [-0.2, 0) is 10.0 Å². The van der Waals surface area contributed by atoms with Crippen LogP contribution in [0, 0.1) is 5.92 Å². The molecule has 0 spiro atoms. The Hall–Kier alpha value is 0.160. The first-order chi connectivity index (χ1) is 6.57. The van der Waals surface area contributed by atoms with Gasteiger partial charge in [0.25, 0.3) is 0 Å². The fourth-order valence-electron chi connectivity index (χ4n) is 1.91. The largest absolute Gasteiger partial charge is 0.329 e. The van der Waals surface area contributed by atoms with E-state index >= 15 is 0 Å². The second-order valence-corrected chi connectivity index (χ2v) is 6.67. The van der Waals surface area contributed by atoms with Gasteiger partial charge in [-0.2, -0.15) is 0 Å². The van der Waals surface area contributed by atoms with E-state index < -0.39 is 10.0 Å². The molecule has 2 fully saturated rings. The molecule has 0 aromatic carbocycles. The van der Waals surface area contributed by atoms with Crippen LogP contribution in [0.4, 0.5) is 0 Å². The van der Waals surface area contributed by atoms with Gasteiger partial charge in [-0.3, -0.25) is 0 Å². The number of hydrogen-bond donors (Lipinski definition) is 1. The molecule has 90 valence electrons. The van der Waals surface area contributed by atoms with Crippen LogP contribution in [0.5, 0.6) is 0 Å². The molecule has 0 aliphatic heterocycles. The first-order valence-electron chi connectivity index (χ1n) is 5.24. The third kappa shape index (κ3) is 2.64. The SMILES string of the molecule is CN(C(CN)C1CC1)S(=O)(=O)C1CC1.Cl. The van der Waals surface area contributed by atoms with Crippen LogP contribution in [0.1, 0.15) is 25.7 Å². The zero-order valence-corrected chi connectivity index (χ0v) is 10.6. The van der Waals surface area contributed by atoms with E-state index in [0.29, 0.717) is 12.5 Å². The summed E-state index contributed by atoms with van der Waals surface area (Å²) in [5, 5.41) is -0.111. The summed E-state index contributed by atoms with van der Waals surface area (Å²) in [6.07, 6.45) is 3.92. The topological polar surface area (TPSA) is 63.4 Å². The van der Waals surface area contributed by atoms with E-state index in [1.807, 2.05) is 0 Å². The Morgan fingerprint density at radius 3 is 2.20 bits per heavy atom. The summed E-state index contributed by atoms with van der Waals surface area (Å²) in [6, 6.07) is 0.0422. The van der Waals surface area contributed by atoms with Crippen molar-refractivity contribution in [1.82, 2.24) is 4.31 Å². The van der Waals surface area contributed by atoms with E-state index in [4.69, 9.17) is 5.73 Å². The highest BCUT2D eigenvalue weighted by atomic mass is 35.5. The molecule has 1 unspecified atom stereocenters. The lowest BCUT2D eigenvalue weighted by Gasteiger charge is -2.26. The van der Waals surface area contributed by atoms with Crippen LogP contribution in [-0.4, -0.2) is 37.6 Å². The van der Waals surface area contributed by atoms with Crippen molar-refractivity contribution in [3.8, 4) is 0 Å². The molecule has 2 aliphatic rings. The second kappa shape index (κ2) is 4.57. The summed E-state index contributed by atoms with van der Waals surface area (Å²) >= 11 is 0. The van der Waals surface area contributed by atoms with Gasteiger partial charge in [-0.05, 0) is 31.6 Å². The third-order valence-electron chi connectivity index (χ3n) is 3.22. The third-order valence-corrected chi connectivity index (χ3v) is 5.61. The molecule has 0 aromatic heterocycles. The fourth-order valence-corrected chi connectivity index (χ4v) is 3.75. The van der Waals surface area contributed by atoms with Gasteiger partial charge in [0, 0.05) is 19.6 Å². The van der Waals surface area contributed by atoms with Gasteiger partial charge in [0.15, 0.2) is 0 Å². The van der Waals surface area contributed by atoms with E-state index in [2.05, 4.69) is 0 Å². The van der Waals surface area contributed by atoms with E-state index in [0.717, 1.165) is 25.7 Å². The average Bonchev–Trinajstić information content (AvgIpc) is 2.99. The minimum Gasteiger partial charge on any atom is -0.329 e. The lowest BCUT2D eigenvalue weighted by molar-refractivity contribution is 0.340. The highest BCUT2D eigenvalue weighted by Gasteiger charge is 2.44. The summed E-state index contributed by atoms with van der Waals surface area (Å²) in [7, 11) is -1.34. The Bertz CT molecular complexity index is 312. The van der Waals surface area contributed by atoms with Gasteiger partial charge in [0.05, 0.1) is 5.25 Å². The number of rotatable bonds is 5. The van der Waals surface area contributed by atoms with Crippen molar-refractivity contribution < 1.29 is 8.42 Å². The summed E-state index contributed by atoms with van der Waals surface area (Å²) < 4.78 is 25.3. The first kappa shape index (κ1) is 13.2. The molecule has 2 aliphatic carbocycles. The normalized spacial score (nSPS) is 23.7. The molecule has 0 aromatic rings. The number of likely N-dealkylation sites (N-methyl/N-ethyl adjacent to an activating group) is 1. The summed E-state index contributed by atoms with van der Waals surface area (Å²) in [5.41, 5.74) is 5.63. The average molecular weight is 255 g/mol. The number of nitrogens with two attached hydrogens (primary N) is 1. The Morgan fingerprint density at radius 1 is 1.33 bits per heavy atom. The van der Waals surface area contributed by atoms with Crippen LogP contribution < -0.4 is 5.73 Å². The maximum absolute atomic E-state index is 11.9. The van der Waals surface area contributed by atoms with Gasteiger partial charge in [-0.25, -0.2) is 12.7 Å². The Morgan fingerprint density at radius 2 is 1.87 bits per heavy atom. The van der Waals surface area contributed by atoms with Gasteiger partial charge < -0.3 is 5.73 Å². The molecule has 0 radical (unpaired) electrons. The summed E-state index contributed by atoms with van der Waals surface area (Å²) in [5.74, 6) is 0.513. The molecule has 2 N–H and O–H groups in total. The standard InChI is InChI=1S/C9H18N2O2S.ClH/c1-11(9(6-10)7-2-3-7)14(12,13)8-4-5-8;/h7-9H,2-6,10H2,1H3;1H. The predicted octanol–water partition coefficient (Wildman–Crippen LogP) is 0.569. The van der Waals surface area contributed by atoms with E-state index in [-0.39, 0.29) is 23.7 Å². The molecule has 0 heterocycles. The predicted molar refractivity (Wildman–Crippen MR) is 62.5 cm³/mol. The van der Waals surface area contributed by atoms with Crippen molar-refractivity contribution in [1.29, 1.82) is 0 Å². The Balaban J connectivity index is 0.00000112. The molecule has 15 heavy (non-hydrogen) atoms. The van der Waals surface area contributed by atoms with Crippen LogP contribution in [0.25, 0.3) is 0 Å². The van der Waals surface area contributed by atoms with Crippen molar-refractivity contribution in [2.75, 3.05) is 13.6 Å². The van der Waals surface area contributed by atoms with Crippen LogP contribution in [0.3, 0.4) is 0 Å². The number of nitrogens with zero attached hydrogens (tertiary/aromatic N) is 1. The van der Waals surface area contributed by atoms with Gasteiger partial charge in [-0.1, -0.05) is 0 Å². The molecule has 6 heteroatoms. The van der Waals surface area contributed by atoms with E-state index in [1.54, 1.807) is 7.05 Å². The van der Waals surface area contributed by atoms with Crippen LogP contribution >= 0.6 is 12.4 Å². The smallest absolute Gasteiger partial charge is 0.217 e. The van der Waals surface area contributed by atoms with Crippen molar-refractivity contribution in [3.63, 3.8) is 0 Å². The molecule has 2 rings (SSSR count). The highest BCUT2D eigenvalue weighted by Crippen LogP contribution is 2.38. The van der Waals surface area contributed by atoms with E-state index in [9.17, 15) is 8.42 Å². The van der Waals surface area contributed by atoms with Crippen LogP contribution in [0.2, 0.25) is 0 Å². The van der Waals surface area contributed by atoms with Crippen molar-refractivity contribution in [2.45, 2.75) is 37.0 Å². The van der Waals surface area contributed by atoms with Crippen molar-refractivity contribution in [3.05, 3.63) is 0 Å². The quantitative estimate of drug-likeness (QED) is 0.780. The van der Waals surface area contributed by atoms with Gasteiger partial charge in [0.2, 0.25) is 10.0 Å². The molecule has 1 atom stereocenters. The molecule has 4 nitrogen and oxygen atoms in total. The van der Waals surface area contributed by atoms with Crippen molar-refractivity contribution in [2.24, 2.45) is 11.7 Å². The van der Waals surface area contributed by atoms with Crippen LogP contribution in [0.15, 0.2) is 0 Å². The Labute approximate surface area is 97.7 Å². The van der Waals surface area contributed by atoms with Gasteiger partial charge in [-0.15, -0.1) is 12.4 Å². The minimum atomic E-state index is -3.03. The van der Waals surface area contributed by atoms with Gasteiger partial charge in [0.1, 0.15) is 0 Å². The lowest BCUT2D eigenvalue weighted by Crippen LogP contribution is -2.44. The Kier molecular flexibility index (Phi) is 4.03. The van der Waals surface area contributed by atoms with Crippen molar-refractivity contribution >= 4 is 22.4 Å². The first-order valence-corrected chi connectivity index (χ1v) is 6.74. The summed E-state index contributed by atoms with van der Waals surface area (Å²) in [6.45, 7) is 0.452. The minimum absolute atomic E-state index is 0. The summed E-state index contributed by atoms with van der Waals surface area (Å²) in [4.78, 5) is 0. The number of halogens is 1. The second-order valence-electron chi connectivity index (χ2n) is 4.40. The number of sulfonamides is 1. The zero-order chi connectivity index (χ0) is 10.3. The fraction of sp³-hybridized carbons (Fsp3) is 1.00. The molecule has 0 amide bonds. The van der Waals surface area contributed by atoms with Gasteiger partial charge >= 0.3 is 0 Å². The highest BCUT2D eigenvalue weighted by molar-refractivity contribution is 7.90. The molecule has 0 saturated heterocycles. The lowest BCUT2D eigenvalue weighted by atomic mass is 10.2. The maximum atomic E-state index is 11.9. The molecular formula is C9H19ClN2O2S. The molecule has 0 bridgehead atoms. The van der Waals surface area contributed by atoms with E-state index in [1.165, 1.54) is 4.31 Å². The molecular weight excluding hydrogens is 236 g/mol. The molecule has 2 saturated carbocycles. The number of hydrogen-bond acceptors (Lipinski definition) is 3. The zero-order valence-electron chi connectivity index (χ0n) is 8.93.